The van der Waals surface area contributed by atoms with Crippen LogP contribution < -0.4 is 0 Å². The molecule has 2 aromatic rings. The molecule has 3 nitrogen and oxygen atoms in total. The minimum atomic E-state index is 0.570. The van der Waals surface area contributed by atoms with E-state index in [1.807, 2.05) is 0 Å². The Kier molecular flexibility index (Phi) is 2.97. The van der Waals surface area contributed by atoms with E-state index in [0.29, 0.717) is 5.92 Å². The third-order valence-corrected chi connectivity index (χ3v) is 3.50. The van der Waals surface area contributed by atoms with Crippen molar-refractivity contribution in [1.29, 1.82) is 0 Å². The van der Waals surface area contributed by atoms with Crippen LogP contribution in [0.1, 0.15) is 36.0 Å². The molecule has 0 saturated heterocycles. The normalized spacial score (nSPS) is 15.1. The Hall–Kier alpha value is -1.16. The number of hydrogen-bond acceptors (Lipinski definition) is 3. The van der Waals surface area contributed by atoms with E-state index >= 15 is 0 Å². The highest BCUT2D eigenvalue weighted by Crippen LogP contribution is 2.38. The van der Waals surface area contributed by atoms with E-state index in [1.54, 1.807) is 0 Å². The Bertz CT molecular complexity index is 502. The molecule has 1 fully saturated rings. The van der Waals surface area contributed by atoms with Gasteiger partial charge in [-0.1, -0.05) is 33.2 Å². The van der Waals surface area contributed by atoms with Crippen molar-refractivity contribution in [2.24, 2.45) is 0 Å². The molecule has 0 spiro atoms. The summed E-state index contributed by atoms with van der Waals surface area (Å²) in [6.07, 6.45) is 4.19. The fourth-order valence-electron chi connectivity index (χ4n) is 1.78. The Balaban J connectivity index is 1.60. The monoisotopic (exact) mass is 292 g/mol. The molecule has 0 N–H and O–H groups in total. The zero-order chi connectivity index (χ0) is 11.7. The van der Waals surface area contributed by atoms with Gasteiger partial charge in [-0.2, -0.15) is 4.98 Å². The lowest BCUT2D eigenvalue weighted by molar-refractivity contribution is 0.373. The van der Waals surface area contributed by atoms with Gasteiger partial charge in [0, 0.05) is 16.8 Å². The topological polar surface area (TPSA) is 38.9 Å². The van der Waals surface area contributed by atoms with E-state index in [0.717, 1.165) is 29.0 Å². The summed E-state index contributed by atoms with van der Waals surface area (Å²) in [6, 6.07) is 8.34. The van der Waals surface area contributed by atoms with Crippen LogP contribution in [-0.4, -0.2) is 10.1 Å². The van der Waals surface area contributed by atoms with Gasteiger partial charge >= 0.3 is 0 Å². The minimum Gasteiger partial charge on any atom is -0.339 e. The first kappa shape index (κ1) is 11.0. The third kappa shape index (κ3) is 2.75. The van der Waals surface area contributed by atoms with Gasteiger partial charge in [0.05, 0.1) is 0 Å². The van der Waals surface area contributed by atoms with E-state index in [9.17, 15) is 0 Å². The van der Waals surface area contributed by atoms with Gasteiger partial charge in [-0.15, -0.1) is 0 Å². The van der Waals surface area contributed by atoms with Crippen LogP contribution in [0.15, 0.2) is 33.3 Å². The summed E-state index contributed by atoms with van der Waals surface area (Å²) < 4.78 is 6.35. The average molecular weight is 293 g/mol. The van der Waals surface area contributed by atoms with Crippen molar-refractivity contribution in [2.75, 3.05) is 0 Å². The second kappa shape index (κ2) is 4.61. The van der Waals surface area contributed by atoms with Gasteiger partial charge in [0.2, 0.25) is 5.89 Å². The van der Waals surface area contributed by atoms with Crippen molar-refractivity contribution < 1.29 is 4.52 Å². The van der Waals surface area contributed by atoms with Gasteiger partial charge in [-0.05, 0) is 37.0 Å². The zero-order valence-electron chi connectivity index (χ0n) is 9.40. The lowest BCUT2D eigenvalue weighted by Gasteiger charge is -1.98. The van der Waals surface area contributed by atoms with Crippen molar-refractivity contribution in [3.63, 3.8) is 0 Å². The molecule has 1 saturated carbocycles. The molecule has 0 unspecified atom stereocenters. The predicted octanol–water partition coefficient (Wildman–Crippen LogP) is 3.49. The summed E-state index contributed by atoms with van der Waals surface area (Å²) in [6.45, 7) is 0. The highest BCUT2D eigenvalue weighted by Gasteiger charge is 2.28. The van der Waals surface area contributed by atoms with E-state index in [2.05, 4.69) is 50.3 Å². The van der Waals surface area contributed by atoms with Gasteiger partial charge < -0.3 is 4.52 Å². The molecule has 0 aliphatic heterocycles. The molecule has 1 aromatic carbocycles. The molecular weight excluding hydrogens is 280 g/mol. The van der Waals surface area contributed by atoms with Crippen molar-refractivity contribution in [1.82, 2.24) is 10.1 Å². The van der Waals surface area contributed by atoms with E-state index in [-0.39, 0.29) is 0 Å². The van der Waals surface area contributed by atoms with Gasteiger partial charge in [-0.25, -0.2) is 0 Å². The SMILES string of the molecule is Brc1ccc(CCc2nc(C3CC3)no2)cc1. The fourth-order valence-corrected chi connectivity index (χ4v) is 2.04. The van der Waals surface area contributed by atoms with Crippen LogP contribution >= 0.6 is 15.9 Å². The third-order valence-electron chi connectivity index (χ3n) is 2.97. The average Bonchev–Trinajstić information content (AvgIpc) is 3.09. The summed E-state index contributed by atoms with van der Waals surface area (Å²) >= 11 is 3.43. The van der Waals surface area contributed by atoms with Gasteiger partial charge in [0.25, 0.3) is 0 Å². The van der Waals surface area contributed by atoms with Gasteiger partial charge in [0.15, 0.2) is 5.82 Å². The van der Waals surface area contributed by atoms with Gasteiger partial charge in [0.1, 0.15) is 0 Å². The molecule has 1 aliphatic rings. The lowest BCUT2D eigenvalue weighted by Crippen LogP contribution is -1.92. The second-order valence-electron chi connectivity index (χ2n) is 4.45. The Morgan fingerprint density at radius 1 is 1.18 bits per heavy atom. The summed E-state index contributed by atoms with van der Waals surface area (Å²) in [4.78, 5) is 4.42. The van der Waals surface area contributed by atoms with Crippen molar-refractivity contribution >= 4 is 15.9 Å². The highest BCUT2D eigenvalue weighted by atomic mass is 79.9. The van der Waals surface area contributed by atoms with Crippen LogP contribution in [0.4, 0.5) is 0 Å². The first-order valence-corrected chi connectivity index (χ1v) is 6.67. The lowest BCUT2D eigenvalue weighted by atomic mass is 10.1. The number of halogens is 1. The van der Waals surface area contributed by atoms with Crippen LogP contribution in [0, 0.1) is 0 Å². The molecule has 1 aromatic heterocycles. The van der Waals surface area contributed by atoms with Crippen LogP contribution in [0.2, 0.25) is 0 Å². The molecule has 3 rings (SSSR count). The number of hydrogen-bond donors (Lipinski definition) is 0. The summed E-state index contributed by atoms with van der Waals surface area (Å²) in [7, 11) is 0. The molecule has 1 aliphatic carbocycles. The molecule has 0 amide bonds. The van der Waals surface area contributed by atoms with Crippen molar-refractivity contribution in [2.45, 2.75) is 31.6 Å². The zero-order valence-corrected chi connectivity index (χ0v) is 11.0. The minimum absolute atomic E-state index is 0.570. The largest absolute Gasteiger partial charge is 0.339 e. The van der Waals surface area contributed by atoms with Crippen molar-refractivity contribution in [3.05, 3.63) is 46.0 Å². The molecule has 0 radical (unpaired) electrons. The maximum atomic E-state index is 5.24. The quantitative estimate of drug-likeness (QED) is 0.866. The highest BCUT2D eigenvalue weighted by molar-refractivity contribution is 9.10. The number of aryl methyl sites for hydroxylation is 2. The maximum absolute atomic E-state index is 5.24. The fraction of sp³-hybridized carbons (Fsp3) is 0.385. The summed E-state index contributed by atoms with van der Waals surface area (Å²) in [5.41, 5.74) is 1.29. The molecule has 0 bridgehead atoms. The summed E-state index contributed by atoms with van der Waals surface area (Å²) in [5.74, 6) is 2.23. The molecular formula is C13H13BrN2O. The molecule has 88 valence electrons. The first-order valence-electron chi connectivity index (χ1n) is 5.88. The number of rotatable bonds is 4. The smallest absolute Gasteiger partial charge is 0.226 e. The molecule has 1 heterocycles. The molecule has 0 atom stereocenters. The van der Waals surface area contributed by atoms with E-state index in [1.165, 1.54) is 18.4 Å². The van der Waals surface area contributed by atoms with Crippen LogP contribution in [0.3, 0.4) is 0 Å². The first-order chi connectivity index (χ1) is 8.31. The van der Waals surface area contributed by atoms with Crippen molar-refractivity contribution in [3.8, 4) is 0 Å². The standard InChI is InChI=1S/C13H13BrN2O/c14-11-6-1-9(2-7-11)3-8-12-15-13(16-17-12)10-4-5-10/h1-2,6-7,10H,3-5,8H2. The molecule has 17 heavy (non-hydrogen) atoms. The predicted molar refractivity (Wildman–Crippen MR) is 67.8 cm³/mol. The molecule has 4 heteroatoms. The van der Waals surface area contributed by atoms with Gasteiger partial charge in [-0.3, -0.25) is 0 Å². The number of nitrogens with zero attached hydrogens (tertiary/aromatic N) is 2. The second-order valence-corrected chi connectivity index (χ2v) is 5.36. The van der Waals surface area contributed by atoms with E-state index in [4.69, 9.17) is 4.52 Å². The van der Waals surface area contributed by atoms with Crippen LogP contribution in [0.5, 0.6) is 0 Å². The van der Waals surface area contributed by atoms with E-state index < -0.39 is 0 Å². The van der Waals surface area contributed by atoms with Crippen LogP contribution in [0.25, 0.3) is 0 Å². The summed E-state index contributed by atoms with van der Waals surface area (Å²) in [5, 5.41) is 4.01. The Labute approximate surface area is 108 Å². The van der Waals surface area contributed by atoms with Crippen LogP contribution in [-0.2, 0) is 12.8 Å². The number of benzene rings is 1. The Morgan fingerprint density at radius 2 is 1.94 bits per heavy atom. The Morgan fingerprint density at radius 3 is 2.65 bits per heavy atom. The number of aromatic nitrogens is 2. The maximum Gasteiger partial charge on any atom is 0.226 e.